The first-order valence-electron chi connectivity index (χ1n) is 9.91. The number of likely N-dealkylation sites (N-methyl/N-ethyl adjacent to an activating group) is 1. The Balaban J connectivity index is 1.43. The van der Waals surface area contributed by atoms with Crippen molar-refractivity contribution in [3.8, 4) is 6.07 Å². The molecule has 2 aromatic rings. The van der Waals surface area contributed by atoms with Gasteiger partial charge < -0.3 is 19.6 Å². The second-order valence-electron chi connectivity index (χ2n) is 7.59. The predicted molar refractivity (Wildman–Crippen MR) is 112 cm³/mol. The molecule has 0 unspecified atom stereocenters. The lowest BCUT2D eigenvalue weighted by Crippen LogP contribution is -2.47. The molecule has 7 heteroatoms. The molecule has 2 fully saturated rings. The maximum absolute atomic E-state index is 8.96. The van der Waals surface area contributed by atoms with Gasteiger partial charge in [-0.05, 0) is 38.2 Å². The predicted octanol–water partition coefficient (Wildman–Crippen LogP) is 1.74. The molecule has 0 amide bonds. The molecule has 0 bridgehead atoms. The molecule has 2 aliphatic rings. The Kier molecular flexibility index (Phi) is 5.31. The number of nitriles is 1. The number of rotatable bonds is 3. The summed E-state index contributed by atoms with van der Waals surface area (Å²) in [5, 5.41) is 8.96. The number of aromatic nitrogens is 2. The lowest BCUT2D eigenvalue weighted by atomic mass is 10.2. The van der Waals surface area contributed by atoms with Crippen molar-refractivity contribution in [2.24, 2.45) is 0 Å². The zero-order chi connectivity index (χ0) is 19.5. The zero-order valence-electron chi connectivity index (χ0n) is 16.7. The summed E-state index contributed by atoms with van der Waals surface area (Å²) in [4.78, 5) is 18.9. The monoisotopic (exact) mass is 377 g/mol. The highest BCUT2D eigenvalue weighted by Gasteiger charge is 2.22. The minimum atomic E-state index is 0.704. The highest BCUT2D eigenvalue weighted by molar-refractivity contribution is 5.53. The van der Waals surface area contributed by atoms with E-state index in [1.54, 1.807) is 0 Å². The van der Waals surface area contributed by atoms with Crippen LogP contribution in [0.2, 0.25) is 0 Å². The van der Waals surface area contributed by atoms with Gasteiger partial charge in [0.25, 0.3) is 0 Å². The maximum Gasteiger partial charge on any atom is 0.227 e. The molecule has 0 saturated carbocycles. The van der Waals surface area contributed by atoms with E-state index in [0.29, 0.717) is 5.56 Å². The van der Waals surface area contributed by atoms with E-state index in [2.05, 4.69) is 50.7 Å². The second-order valence-corrected chi connectivity index (χ2v) is 7.59. The van der Waals surface area contributed by atoms with Crippen LogP contribution >= 0.6 is 0 Å². The van der Waals surface area contributed by atoms with Crippen LogP contribution in [0, 0.1) is 18.3 Å². The van der Waals surface area contributed by atoms with Crippen molar-refractivity contribution in [3.05, 3.63) is 41.6 Å². The van der Waals surface area contributed by atoms with Crippen LogP contribution in [0.5, 0.6) is 0 Å². The molecule has 7 nitrogen and oxygen atoms in total. The minimum Gasteiger partial charge on any atom is -0.368 e. The summed E-state index contributed by atoms with van der Waals surface area (Å²) in [5.74, 6) is 1.89. The average Bonchev–Trinajstić information content (AvgIpc) is 2.74. The van der Waals surface area contributed by atoms with E-state index >= 15 is 0 Å². The van der Waals surface area contributed by atoms with Crippen LogP contribution in [0.15, 0.2) is 30.3 Å². The third kappa shape index (κ3) is 4.02. The van der Waals surface area contributed by atoms with Crippen LogP contribution in [0.3, 0.4) is 0 Å². The normalized spacial score (nSPS) is 18.2. The summed E-state index contributed by atoms with van der Waals surface area (Å²) in [6, 6.07) is 12.1. The van der Waals surface area contributed by atoms with Crippen LogP contribution in [-0.2, 0) is 0 Å². The van der Waals surface area contributed by atoms with Gasteiger partial charge in [0.1, 0.15) is 5.82 Å². The highest BCUT2D eigenvalue weighted by Crippen LogP contribution is 2.22. The van der Waals surface area contributed by atoms with Gasteiger partial charge in [-0.15, -0.1) is 0 Å². The molecule has 0 spiro atoms. The van der Waals surface area contributed by atoms with Gasteiger partial charge in [0.2, 0.25) is 5.95 Å². The first kappa shape index (κ1) is 18.5. The summed E-state index contributed by atoms with van der Waals surface area (Å²) < 4.78 is 0. The van der Waals surface area contributed by atoms with Crippen LogP contribution in [-0.4, -0.2) is 74.3 Å². The molecule has 2 saturated heterocycles. The van der Waals surface area contributed by atoms with E-state index < -0.39 is 0 Å². The van der Waals surface area contributed by atoms with Crippen molar-refractivity contribution in [1.82, 2.24) is 14.9 Å². The van der Waals surface area contributed by atoms with Gasteiger partial charge in [-0.25, -0.2) is 4.98 Å². The molecule has 0 atom stereocenters. The smallest absolute Gasteiger partial charge is 0.227 e. The second kappa shape index (κ2) is 8.03. The number of aryl methyl sites for hydroxylation is 1. The Morgan fingerprint density at radius 3 is 2.07 bits per heavy atom. The standard InChI is InChI=1S/C21H27N7/c1-17-15-20(24-21(23-17)28-9-7-25(2)8-10-28)27-13-11-26(12-14-27)19-5-3-18(16-22)4-6-19/h3-6,15H,7-14H2,1-2H3. The number of piperazine rings is 2. The SMILES string of the molecule is Cc1cc(N2CCN(c3ccc(C#N)cc3)CC2)nc(N2CCN(C)CC2)n1. The van der Waals surface area contributed by atoms with Gasteiger partial charge in [-0.2, -0.15) is 10.2 Å². The molecule has 2 aliphatic heterocycles. The number of hydrogen-bond acceptors (Lipinski definition) is 7. The van der Waals surface area contributed by atoms with Gasteiger partial charge in [0, 0.05) is 69.8 Å². The van der Waals surface area contributed by atoms with E-state index in [9.17, 15) is 0 Å². The van der Waals surface area contributed by atoms with Gasteiger partial charge in [0.05, 0.1) is 11.6 Å². The van der Waals surface area contributed by atoms with E-state index in [-0.39, 0.29) is 0 Å². The molecular weight excluding hydrogens is 350 g/mol. The van der Waals surface area contributed by atoms with Gasteiger partial charge >= 0.3 is 0 Å². The van der Waals surface area contributed by atoms with Gasteiger partial charge in [0.15, 0.2) is 0 Å². The molecular formula is C21H27N7. The largest absolute Gasteiger partial charge is 0.368 e. The Hall–Kier alpha value is -2.85. The van der Waals surface area contributed by atoms with Crippen molar-refractivity contribution in [2.75, 3.05) is 74.1 Å². The minimum absolute atomic E-state index is 0.704. The zero-order valence-corrected chi connectivity index (χ0v) is 16.7. The fourth-order valence-corrected chi connectivity index (χ4v) is 3.79. The maximum atomic E-state index is 8.96. The number of benzene rings is 1. The number of nitrogens with zero attached hydrogens (tertiary/aromatic N) is 7. The Morgan fingerprint density at radius 2 is 1.43 bits per heavy atom. The summed E-state index contributed by atoms with van der Waals surface area (Å²) >= 11 is 0. The quantitative estimate of drug-likeness (QED) is 0.807. The van der Waals surface area contributed by atoms with Crippen molar-refractivity contribution < 1.29 is 0 Å². The summed E-state index contributed by atoms with van der Waals surface area (Å²) in [6.45, 7) is 9.86. The number of anilines is 3. The van der Waals surface area contributed by atoms with Gasteiger partial charge in [-0.1, -0.05) is 0 Å². The summed E-state index contributed by atoms with van der Waals surface area (Å²) in [6.07, 6.45) is 0. The molecule has 146 valence electrons. The Morgan fingerprint density at radius 1 is 0.821 bits per heavy atom. The first-order valence-corrected chi connectivity index (χ1v) is 9.91. The van der Waals surface area contributed by atoms with Crippen LogP contribution in [0.25, 0.3) is 0 Å². The van der Waals surface area contributed by atoms with Crippen LogP contribution < -0.4 is 14.7 Å². The van der Waals surface area contributed by atoms with Crippen LogP contribution in [0.4, 0.5) is 17.5 Å². The van der Waals surface area contributed by atoms with E-state index in [1.165, 1.54) is 5.69 Å². The van der Waals surface area contributed by atoms with Crippen molar-refractivity contribution in [1.29, 1.82) is 5.26 Å². The third-order valence-corrected chi connectivity index (χ3v) is 5.58. The fourth-order valence-electron chi connectivity index (χ4n) is 3.79. The lowest BCUT2D eigenvalue weighted by molar-refractivity contribution is 0.311. The highest BCUT2D eigenvalue weighted by atomic mass is 15.3. The third-order valence-electron chi connectivity index (χ3n) is 5.58. The topological polar surface area (TPSA) is 62.5 Å². The molecule has 0 aliphatic carbocycles. The Labute approximate surface area is 166 Å². The lowest BCUT2D eigenvalue weighted by Gasteiger charge is -2.37. The molecule has 1 aromatic heterocycles. The Bertz CT molecular complexity index is 842. The van der Waals surface area contributed by atoms with E-state index in [1.807, 2.05) is 24.3 Å². The van der Waals surface area contributed by atoms with Crippen LogP contribution in [0.1, 0.15) is 11.3 Å². The molecule has 0 N–H and O–H groups in total. The average molecular weight is 377 g/mol. The summed E-state index contributed by atoms with van der Waals surface area (Å²) in [7, 11) is 2.16. The van der Waals surface area contributed by atoms with Crippen molar-refractivity contribution in [3.63, 3.8) is 0 Å². The van der Waals surface area contributed by atoms with Gasteiger partial charge in [-0.3, -0.25) is 0 Å². The van der Waals surface area contributed by atoms with E-state index in [4.69, 9.17) is 10.2 Å². The first-order chi connectivity index (χ1) is 13.6. The number of hydrogen-bond donors (Lipinski definition) is 0. The van der Waals surface area contributed by atoms with Crippen molar-refractivity contribution in [2.45, 2.75) is 6.92 Å². The molecule has 4 rings (SSSR count). The van der Waals surface area contributed by atoms with Crippen molar-refractivity contribution >= 4 is 17.5 Å². The summed E-state index contributed by atoms with van der Waals surface area (Å²) in [5.41, 5.74) is 2.90. The molecule has 0 radical (unpaired) electrons. The fraction of sp³-hybridized carbons (Fsp3) is 0.476. The molecule has 28 heavy (non-hydrogen) atoms. The molecule has 1 aromatic carbocycles. The molecule has 3 heterocycles. The van der Waals surface area contributed by atoms with E-state index in [0.717, 1.165) is 69.8 Å².